The molecule has 1 aliphatic rings. The fraction of sp³-hybridized carbons (Fsp3) is 0.120. The van der Waals surface area contributed by atoms with Crippen molar-refractivity contribution in [1.82, 2.24) is 10.2 Å². The summed E-state index contributed by atoms with van der Waals surface area (Å²) in [6.07, 6.45) is 3.12. The number of hydrogen-bond acceptors (Lipinski definition) is 4. The highest BCUT2D eigenvalue weighted by Crippen LogP contribution is 2.30. The number of nitrogens with zero attached hydrogens (tertiary/aromatic N) is 1. The van der Waals surface area contributed by atoms with Gasteiger partial charge in [-0.3, -0.25) is 9.69 Å². The molecule has 4 rings (SSSR count). The van der Waals surface area contributed by atoms with E-state index in [1.807, 2.05) is 18.2 Å². The Balaban J connectivity index is 1.51. The van der Waals surface area contributed by atoms with Crippen LogP contribution in [0.4, 0.5) is 4.79 Å². The lowest BCUT2D eigenvalue weighted by Gasteiger charge is -2.12. The van der Waals surface area contributed by atoms with Crippen molar-refractivity contribution in [3.8, 4) is 11.5 Å². The van der Waals surface area contributed by atoms with Crippen LogP contribution in [0.25, 0.3) is 16.8 Å². The van der Waals surface area contributed by atoms with E-state index in [1.54, 1.807) is 31.4 Å². The van der Waals surface area contributed by atoms with Gasteiger partial charge in [-0.1, -0.05) is 48.5 Å². The summed E-state index contributed by atoms with van der Waals surface area (Å²) in [4.78, 5) is 25.4. The van der Waals surface area contributed by atoms with Gasteiger partial charge in [0.05, 0.1) is 7.11 Å². The second-order valence-corrected chi connectivity index (χ2v) is 7.07. The zero-order valence-electron chi connectivity index (χ0n) is 17.1. The van der Waals surface area contributed by atoms with Crippen LogP contribution in [-0.2, 0) is 11.4 Å². The molecule has 6 nitrogen and oxygen atoms in total. The Morgan fingerprint density at radius 2 is 1.81 bits per heavy atom. The molecule has 0 aliphatic carbocycles. The minimum Gasteiger partial charge on any atom is -0.493 e. The molecule has 0 radical (unpaired) electrons. The molecule has 0 bridgehead atoms. The Kier molecular flexibility index (Phi) is 5.71. The van der Waals surface area contributed by atoms with E-state index in [2.05, 4.69) is 36.2 Å². The van der Waals surface area contributed by atoms with Gasteiger partial charge in [-0.25, -0.2) is 4.79 Å². The average Bonchev–Trinajstić information content (AvgIpc) is 3.05. The van der Waals surface area contributed by atoms with E-state index in [-0.39, 0.29) is 18.1 Å². The molecule has 1 heterocycles. The van der Waals surface area contributed by atoms with Gasteiger partial charge in [0.1, 0.15) is 12.3 Å². The van der Waals surface area contributed by atoms with Gasteiger partial charge in [0, 0.05) is 6.54 Å². The van der Waals surface area contributed by atoms with E-state index in [4.69, 9.17) is 9.47 Å². The van der Waals surface area contributed by atoms with Crippen molar-refractivity contribution in [3.63, 3.8) is 0 Å². The lowest BCUT2D eigenvalue weighted by atomic mass is 10.1. The Morgan fingerprint density at radius 3 is 2.58 bits per heavy atom. The number of rotatable bonds is 7. The molecule has 156 valence electrons. The van der Waals surface area contributed by atoms with Crippen LogP contribution in [0, 0.1) is 0 Å². The summed E-state index contributed by atoms with van der Waals surface area (Å²) in [5.41, 5.74) is 1.96. The Morgan fingerprint density at radius 1 is 1.00 bits per heavy atom. The first kappa shape index (κ1) is 20.2. The standard InChI is InChI=1S/C25H22N2O4/c1-3-12-27-24(28)21(26-25(27)29)14-17-9-11-22(23(15-17)30-2)31-16-18-8-10-19-6-4-5-7-20(19)13-18/h3-11,13-15H,1,12,16H2,2H3,(H,26,29)/b21-14+. The van der Waals surface area contributed by atoms with E-state index < -0.39 is 6.03 Å². The van der Waals surface area contributed by atoms with Crippen LogP contribution >= 0.6 is 0 Å². The minimum absolute atomic E-state index is 0.160. The quantitative estimate of drug-likeness (QED) is 0.351. The number of benzene rings is 3. The number of urea groups is 1. The van der Waals surface area contributed by atoms with Gasteiger partial charge in [-0.05, 0) is 46.2 Å². The number of nitrogens with one attached hydrogen (secondary N) is 1. The first-order chi connectivity index (χ1) is 15.1. The monoisotopic (exact) mass is 414 g/mol. The van der Waals surface area contributed by atoms with Crippen molar-refractivity contribution in [2.45, 2.75) is 6.61 Å². The Bertz CT molecular complexity index is 1200. The number of amides is 3. The van der Waals surface area contributed by atoms with E-state index in [1.165, 1.54) is 11.5 Å². The number of ether oxygens (including phenoxy) is 2. The molecular weight excluding hydrogens is 392 g/mol. The van der Waals surface area contributed by atoms with E-state index in [9.17, 15) is 9.59 Å². The largest absolute Gasteiger partial charge is 0.493 e. The lowest BCUT2D eigenvalue weighted by molar-refractivity contribution is -0.122. The minimum atomic E-state index is -0.460. The third-order valence-corrected chi connectivity index (χ3v) is 4.98. The SMILES string of the molecule is C=CCN1C(=O)N/C(=C/c2ccc(OCc3ccc4ccccc4c3)c(OC)c2)C1=O. The van der Waals surface area contributed by atoms with Crippen LogP contribution in [0.15, 0.2) is 79.0 Å². The predicted octanol–water partition coefficient (Wildman–Crippen LogP) is 4.51. The van der Waals surface area contributed by atoms with Crippen LogP contribution in [0.3, 0.4) is 0 Å². The van der Waals surface area contributed by atoms with Crippen LogP contribution in [0.2, 0.25) is 0 Å². The smallest absolute Gasteiger partial charge is 0.329 e. The topological polar surface area (TPSA) is 67.9 Å². The molecule has 0 aromatic heterocycles. The molecule has 1 N–H and O–H groups in total. The van der Waals surface area contributed by atoms with Gasteiger partial charge < -0.3 is 14.8 Å². The lowest BCUT2D eigenvalue weighted by Crippen LogP contribution is -2.30. The van der Waals surface area contributed by atoms with Gasteiger partial charge in [0.25, 0.3) is 5.91 Å². The molecule has 3 amide bonds. The van der Waals surface area contributed by atoms with Gasteiger partial charge >= 0.3 is 6.03 Å². The van der Waals surface area contributed by atoms with Gasteiger partial charge in [0.2, 0.25) is 0 Å². The van der Waals surface area contributed by atoms with E-state index >= 15 is 0 Å². The van der Waals surface area contributed by atoms with Crippen molar-refractivity contribution >= 4 is 28.8 Å². The zero-order valence-corrected chi connectivity index (χ0v) is 17.1. The highest BCUT2D eigenvalue weighted by Gasteiger charge is 2.32. The maximum atomic E-state index is 12.4. The molecule has 0 unspecified atom stereocenters. The Hall–Kier alpha value is -4.06. The number of carbonyl (C=O) groups is 2. The second-order valence-electron chi connectivity index (χ2n) is 7.07. The molecule has 6 heteroatoms. The van der Waals surface area contributed by atoms with Crippen molar-refractivity contribution in [1.29, 1.82) is 0 Å². The Labute approximate surface area is 180 Å². The summed E-state index contributed by atoms with van der Waals surface area (Å²) in [6, 6.07) is 19.3. The van der Waals surface area contributed by atoms with Crippen LogP contribution < -0.4 is 14.8 Å². The first-order valence-electron chi connectivity index (χ1n) is 9.83. The summed E-state index contributed by atoms with van der Waals surface area (Å²) in [5, 5.41) is 4.92. The van der Waals surface area contributed by atoms with Crippen LogP contribution in [0.1, 0.15) is 11.1 Å². The highest BCUT2D eigenvalue weighted by atomic mass is 16.5. The summed E-state index contributed by atoms with van der Waals surface area (Å²) in [6.45, 7) is 4.12. The number of carbonyl (C=O) groups excluding carboxylic acids is 2. The van der Waals surface area contributed by atoms with Gasteiger partial charge in [-0.15, -0.1) is 6.58 Å². The second kappa shape index (κ2) is 8.75. The molecule has 0 saturated carbocycles. The van der Waals surface area contributed by atoms with E-state index in [0.717, 1.165) is 15.8 Å². The molecule has 1 fully saturated rings. The summed E-state index contributed by atoms with van der Waals surface area (Å²) < 4.78 is 11.4. The van der Waals surface area contributed by atoms with Crippen LogP contribution in [0.5, 0.6) is 11.5 Å². The van der Waals surface area contributed by atoms with Crippen molar-refractivity contribution in [2.75, 3.05) is 13.7 Å². The molecule has 0 spiro atoms. The molecule has 3 aromatic rings. The number of methoxy groups -OCH3 is 1. The maximum Gasteiger partial charge on any atom is 0.329 e. The molecule has 1 saturated heterocycles. The van der Waals surface area contributed by atoms with Gasteiger partial charge in [-0.2, -0.15) is 0 Å². The van der Waals surface area contributed by atoms with Crippen LogP contribution in [-0.4, -0.2) is 30.5 Å². The molecule has 3 aromatic carbocycles. The molecule has 0 atom stereocenters. The first-order valence-corrected chi connectivity index (χ1v) is 9.83. The van der Waals surface area contributed by atoms with Crippen molar-refractivity contribution in [3.05, 3.63) is 90.1 Å². The third kappa shape index (κ3) is 4.28. The summed E-state index contributed by atoms with van der Waals surface area (Å²) in [7, 11) is 1.56. The molecular formula is C25H22N2O4. The maximum absolute atomic E-state index is 12.4. The number of fused-ring (bicyclic) bond motifs is 1. The van der Waals surface area contributed by atoms with Gasteiger partial charge in [0.15, 0.2) is 11.5 Å². The molecule has 31 heavy (non-hydrogen) atoms. The normalized spacial score (nSPS) is 14.7. The summed E-state index contributed by atoms with van der Waals surface area (Å²) >= 11 is 0. The molecule has 1 aliphatic heterocycles. The van der Waals surface area contributed by atoms with E-state index in [0.29, 0.717) is 23.7 Å². The van der Waals surface area contributed by atoms with Crippen molar-refractivity contribution in [2.24, 2.45) is 0 Å². The highest BCUT2D eigenvalue weighted by molar-refractivity contribution is 6.14. The zero-order chi connectivity index (χ0) is 21.8. The van der Waals surface area contributed by atoms with Crippen molar-refractivity contribution < 1.29 is 19.1 Å². The predicted molar refractivity (Wildman–Crippen MR) is 120 cm³/mol. The fourth-order valence-electron chi connectivity index (χ4n) is 3.42. The number of hydrogen-bond donors (Lipinski definition) is 1. The fourth-order valence-corrected chi connectivity index (χ4v) is 3.42. The third-order valence-electron chi connectivity index (χ3n) is 4.98. The average molecular weight is 414 g/mol. The summed E-state index contributed by atoms with van der Waals surface area (Å²) in [5.74, 6) is 0.739. The number of imide groups is 1.